The maximum absolute atomic E-state index is 12.1. The molecule has 0 saturated carbocycles. The lowest BCUT2D eigenvalue weighted by Crippen LogP contribution is -2.75. The molecule has 11 nitrogen and oxygen atoms in total. The number of carbonyl (C=O) groups excluding carboxylic acids is 4. The molecule has 1 saturated heterocycles. The summed E-state index contributed by atoms with van der Waals surface area (Å²) in [5.41, 5.74) is -4.08. The van der Waals surface area contributed by atoms with Gasteiger partial charge in [0.15, 0.2) is 28.7 Å². The molecule has 0 aromatic heterocycles. The van der Waals surface area contributed by atoms with Crippen LogP contribution < -0.4 is 0 Å². The molecule has 3 N–H and O–H groups in total. The number of carbonyl (C=O) groups is 4. The molecule has 1 rings (SSSR count). The number of ketones is 4. The summed E-state index contributed by atoms with van der Waals surface area (Å²) < 4.78 is 5.09. The lowest BCUT2D eigenvalue weighted by Gasteiger charge is -2.42. The van der Waals surface area contributed by atoms with Gasteiger partial charge in [-0.1, -0.05) is 0 Å². The molecule has 1 heterocycles. The van der Waals surface area contributed by atoms with E-state index >= 15 is 0 Å². The highest BCUT2D eigenvalue weighted by Gasteiger charge is 2.86. The molecule has 11 heteroatoms. The first-order valence-electron chi connectivity index (χ1n) is 6.72. The number of nitrogens with zero attached hydrogens (tertiary/aromatic N) is 3. The quantitative estimate of drug-likeness (QED) is 0.297. The van der Waals surface area contributed by atoms with E-state index in [1.54, 1.807) is 0 Å². The Morgan fingerprint density at radius 3 is 1.67 bits per heavy atom. The highest BCUT2D eigenvalue weighted by Crippen LogP contribution is 2.55. The summed E-state index contributed by atoms with van der Waals surface area (Å²) in [6.45, 7) is 1.62. The predicted molar refractivity (Wildman–Crippen MR) is 75.4 cm³/mol. The molecule has 1 aliphatic rings. The van der Waals surface area contributed by atoms with Crippen LogP contribution in [-0.4, -0.2) is 67.6 Å². The van der Waals surface area contributed by atoms with Gasteiger partial charge >= 0.3 is 0 Å². The van der Waals surface area contributed by atoms with E-state index in [4.69, 9.17) is 10.3 Å². The van der Waals surface area contributed by atoms with Crippen molar-refractivity contribution in [3.8, 4) is 0 Å². The lowest BCUT2D eigenvalue weighted by atomic mass is 9.64. The minimum atomic E-state index is -3.43. The number of Topliss-reactive ketones (excluding diaryl/α,β-unsaturated/α-hetero) is 4. The highest BCUT2D eigenvalue weighted by molar-refractivity contribution is 6.10. The van der Waals surface area contributed by atoms with Crippen molar-refractivity contribution in [1.29, 1.82) is 0 Å². The molecular formula is C13H17N3O8. The van der Waals surface area contributed by atoms with Crippen LogP contribution in [0.4, 0.5) is 0 Å². The second-order valence-electron chi connectivity index (χ2n) is 5.57. The van der Waals surface area contributed by atoms with Crippen LogP contribution in [0.15, 0.2) is 5.11 Å². The van der Waals surface area contributed by atoms with Crippen molar-refractivity contribution in [2.45, 2.75) is 50.2 Å². The van der Waals surface area contributed by atoms with Crippen LogP contribution in [0.5, 0.6) is 0 Å². The van der Waals surface area contributed by atoms with E-state index in [-0.39, 0.29) is 0 Å². The Balaban J connectivity index is 4.18. The summed E-state index contributed by atoms with van der Waals surface area (Å²) in [5.74, 6) is -5.15. The molecule has 132 valence electrons. The number of aliphatic hydroxyl groups excluding tert-OH is 1. The van der Waals surface area contributed by atoms with E-state index in [1.807, 2.05) is 0 Å². The van der Waals surface area contributed by atoms with Crippen molar-refractivity contribution in [1.82, 2.24) is 0 Å². The van der Waals surface area contributed by atoms with Gasteiger partial charge in [-0.15, -0.1) is 0 Å². The third-order valence-corrected chi connectivity index (χ3v) is 4.39. The molecule has 0 aromatic carbocycles. The summed E-state index contributed by atoms with van der Waals surface area (Å²) in [6, 6.07) is 0. The molecule has 1 fully saturated rings. The highest BCUT2D eigenvalue weighted by atomic mass is 16.6. The SMILES string of the molecule is CC(=O)C1(N=[N+]=[N-])O[C@@](CO)(C(C)=O)[C@](O)(C(C)=O)[C@]1(O)C(C)=O. The van der Waals surface area contributed by atoms with Crippen LogP contribution in [0.2, 0.25) is 0 Å². The molecule has 0 spiro atoms. The van der Waals surface area contributed by atoms with Gasteiger partial charge in [-0.25, -0.2) is 0 Å². The molecule has 24 heavy (non-hydrogen) atoms. The molecular weight excluding hydrogens is 326 g/mol. The van der Waals surface area contributed by atoms with E-state index in [9.17, 15) is 34.5 Å². The molecule has 1 unspecified atom stereocenters. The van der Waals surface area contributed by atoms with Crippen molar-refractivity contribution in [2.75, 3.05) is 6.61 Å². The molecule has 0 radical (unpaired) electrons. The van der Waals surface area contributed by atoms with Crippen molar-refractivity contribution in [3.63, 3.8) is 0 Å². The first-order chi connectivity index (χ1) is 10.9. The number of azide groups is 1. The van der Waals surface area contributed by atoms with E-state index in [0.29, 0.717) is 6.92 Å². The predicted octanol–water partition coefficient (Wildman–Crippen LogP) is -1.43. The van der Waals surface area contributed by atoms with Gasteiger partial charge in [-0.2, -0.15) is 0 Å². The lowest BCUT2D eigenvalue weighted by molar-refractivity contribution is -0.195. The molecule has 0 bridgehead atoms. The zero-order valence-electron chi connectivity index (χ0n) is 13.4. The number of aliphatic hydroxyl groups is 3. The Labute approximate surface area is 135 Å². The average molecular weight is 343 g/mol. The maximum atomic E-state index is 12.1. The zero-order valence-corrected chi connectivity index (χ0v) is 13.4. The normalized spacial score (nSPS) is 38.3. The minimum absolute atomic E-state index is 0.704. The fourth-order valence-corrected chi connectivity index (χ4v) is 3.11. The third-order valence-electron chi connectivity index (χ3n) is 4.39. The van der Waals surface area contributed by atoms with Crippen LogP contribution in [0.25, 0.3) is 10.4 Å². The Bertz CT molecular complexity index is 683. The Hall–Kier alpha value is -2.17. The average Bonchev–Trinajstić information content (AvgIpc) is 2.67. The van der Waals surface area contributed by atoms with Crippen LogP contribution in [0, 0.1) is 0 Å². The fraction of sp³-hybridized carbons (Fsp3) is 0.692. The number of hydrogen-bond acceptors (Lipinski definition) is 9. The van der Waals surface area contributed by atoms with Crippen LogP contribution in [-0.2, 0) is 23.9 Å². The van der Waals surface area contributed by atoms with E-state index in [0.717, 1.165) is 20.8 Å². The van der Waals surface area contributed by atoms with Crippen LogP contribution in [0.1, 0.15) is 27.7 Å². The van der Waals surface area contributed by atoms with E-state index in [2.05, 4.69) is 10.0 Å². The largest absolute Gasteiger partial charge is 0.393 e. The van der Waals surface area contributed by atoms with Crippen molar-refractivity contribution >= 4 is 23.1 Å². The number of ether oxygens (including phenoxy) is 1. The first kappa shape index (κ1) is 19.9. The van der Waals surface area contributed by atoms with Gasteiger partial charge in [0, 0.05) is 4.91 Å². The van der Waals surface area contributed by atoms with Gasteiger partial charge < -0.3 is 20.1 Å². The van der Waals surface area contributed by atoms with Crippen molar-refractivity contribution < 1.29 is 39.2 Å². The molecule has 1 aliphatic heterocycles. The third kappa shape index (κ3) is 1.84. The summed E-state index contributed by atoms with van der Waals surface area (Å²) in [4.78, 5) is 50.8. The minimum Gasteiger partial charge on any atom is -0.393 e. The van der Waals surface area contributed by atoms with Gasteiger partial charge in [-0.05, 0) is 38.3 Å². The Morgan fingerprint density at radius 2 is 1.42 bits per heavy atom. The molecule has 0 aliphatic carbocycles. The standard InChI is InChI=1S/C13H17N3O8/c1-6(18)10(5-17)11(22,7(2)19)12(23,8(3)20)13(24-10,9(4)21)15-16-14/h17,22-23H,5H2,1-4H3/t10-,11+,12+,13?/m0/s1. The zero-order chi connectivity index (χ0) is 19.1. The summed E-state index contributed by atoms with van der Waals surface area (Å²) >= 11 is 0. The summed E-state index contributed by atoms with van der Waals surface area (Å²) in [7, 11) is 0. The second-order valence-corrected chi connectivity index (χ2v) is 5.57. The van der Waals surface area contributed by atoms with Crippen molar-refractivity contribution in [3.05, 3.63) is 10.4 Å². The second kappa shape index (κ2) is 5.72. The summed E-state index contributed by atoms with van der Waals surface area (Å²) in [5, 5.41) is 34.4. The summed E-state index contributed by atoms with van der Waals surface area (Å²) in [6.07, 6.45) is 0. The molecule has 0 amide bonds. The Kier molecular flexibility index (Phi) is 4.74. The molecule has 4 atom stereocenters. The van der Waals surface area contributed by atoms with Gasteiger partial charge in [-0.3, -0.25) is 19.2 Å². The van der Waals surface area contributed by atoms with Gasteiger partial charge in [0.2, 0.25) is 16.9 Å². The monoisotopic (exact) mass is 343 g/mol. The van der Waals surface area contributed by atoms with Crippen LogP contribution >= 0.6 is 0 Å². The first-order valence-corrected chi connectivity index (χ1v) is 6.72. The van der Waals surface area contributed by atoms with Gasteiger partial charge in [0.1, 0.15) is 0 Å². The Morgan fingerprint density at radius 1 is 0.958 bits per heavy atom. The smallest absolute Gasteiger partial charge is 0.245 e. The van der Waals surface area contributed by atoms with E-state index in [1.165, 1.54) is 0 Å². The van der Waals surface area contributed by atoms with E-state index < -0.39 is 52.3 Å². The van der Waals surface area contributed by atoms with Crippen LogP contribution in [0.3, 0.4) is 0 Å². The molecule has 0 aromatic rings. The van der Waals surface area contributed by atoms with Gasteiger partial charge in [0.05, 0.1) is 6.61 Å². The topological polar surface area (TPSA) is 187 Å². The fourth-order valence-electron chi connectivity index (χ4n) is 3.11. The number of rotatable bonds is 6. The maximum Gasteiger partial charge on any atom is 0.245 e. The van der Waals surface area contributed by atoms with Gasteiger partial charge in [0.25, 0.3) is 0 Å². The van der Waals surface area contributed by atoms with Crippen molar-refractivity contribution in [2.24, 2.45) is 5.11 Å². The number of hydrogen-bond donors (Lipinski definition) is 3.